The van der Waals surface area contributed by atoms with E-state index in [4.69, 9.17) is 0 Å². The summed E-state index contributed by atoms with van der Waals surface area (Å²) in [5, 5.41) is 3.53. The van der Waals surface area contributed by atoms with Gasteiger partial charge < -0.3 is 10.2 Å². The maximum atomic E-state index is 11.8. The molecule has 1 aliphatic rings. The second kappa shape index (κ2) is 6.26. The van der Waals surface area contributed by atoms with Gasteiger partial charge in [-0.3, -0.25) is 0 Å². The molecule has 0 aliphatic carbocycles. The molecular formula is C11H22N2OS. The van der Waals surface area contributed by atoms with Crippen molar-refractivity contribution in [2.75, 3.05) is 18.8 Å². The summed E-state index contributed by atoms with van der Waals surface area (Å²) >= 11 is 1.95. The van der Waals surface area contributed by atoms with Crippen molar-refractivity contribution in [1.82, 2.24) is 10.2 Å². The number of nitrogens with zero attached hydrogens (tertiary/aromatic N) is 1. The third-order valence-corrected chi connectivity index (χ3v) is 4.29. The number of hydrogen-bond donors (Lipinski definition) is 1. The molecule has 15 heavy (non-hydrogen) atoms. The summed E-state index contributed by atoms with van der Waals surface area (Å²) in [5.74, 6) is 1.06. The zero-order chi connectivity index (χ0) is 11.3. The van der Waals surface area contributed by atoms with Crippen molar-refractivity contribution in [3.05, 3.63) is 0 Å². The first-order chi connectivity index (χ1) is 7.16. The molecule has 0 bridgehead atoms. The van der Waals surface area contributed by atoms with Crippen LogP contribution in [0.25, 0.3) is 0 Å². The van der Waals surface area contributed by atoms with Crippen LogP contribution in [0.1, 0.15) is 33.6 Å². The molecule has 88 valence electrons. The van der Waals surface area contributed by atoms with Gasteiger partial charge in [-0.1, -0.05) is 20.3 Å². The summed E-state index contributed by atoms with van der Waals surface area (Å²) in [6.45, 7) is 8.15. The first kappa shape index (κ1) is 12.7. The summed E-state index contributed by atoms with van der Waals surface area (Å²) in [4.78, 5) is 13.8. The predicted molar refractivity (Wildman–Crippen MR) is 66.4 cm³/mol. The van der Waals surface area contributed by atoms with Gasteiger partial charge in [0.1, 0.15) is 0 Å². The molecule has 2 amide bonds. The maximum absolute atomic E-state index is 11.8. The Morgan fingerprint density at radius 1 is 1.53 bits per heavy atom. The lowest BCUT2D eigenvalue weighted by Gasteiger charge is -2.37. The van der Waals surface area contributed by atoms with Crippen molar-refractivity contribution in [1.29, 1.82) is 0 Å². The first-order valence-electron chi connectivity index (χ1n) is 5.83. The molecule has 1 saturated heterocycles. The predicted octanol–water partition coefficient (Wildman–Crippen LogP) is 2.32. The summed E-state index contributed by atoms with van der Waals surface area (Å²) in [6.07, 6.45) is 2.19. The average molecular weight is 230 g/mol. The second-order valence-electron chi connectivity index (χ2n) is 4.10. The largest absolute Gasteiger partial charge is 0.338 e. The standard InChI is InChI=1S/C11H22N2OS/c1-4-5-6-12-11(14)13-7-8-15-10(3)9(13)2/h9-10H,4-8H2,1-3H3,(H,12,14). The molecule has 0 aromatic carbocycles. The number of nitrogens with one attached hydrogen (secondary N) is 1. The van der Waals surface area contributed by atoms with Gasteiger partial charge >= 0.3 is 6.03 Å². The first-order valence-corrected chi connectivity index (χ1v) is 6.87. The number of amides is 2. The van der Waals surface area contributed by atoms with E-state index in [0.717, 1.165) is 31.7 Å². The highest BCUT2D eigenvalue weighted by atomic mass is 32.2. The second-order valence-corrected chi connectivity index (χ2v) is 5.58. The Hall–Kier alpha value is -0.380. The summed E-state index contributed by atoms with van der Waals surface area (Å²) in [7, 11) is 0. The Labute approximate surface area is 97.0 Å². The van der Waals surface area contributed by atoms with Crippen molar-refractivity contribution >= 4 is 17.8 Å². The summed E-state index contributed by atoms with van der Waals surface area (Å²) in [6, 6.07) is 0.466. The molecule has 2 atom stereocenters. The highest BCUT2D eigenvalue weighted by Crippen LogP contribution is 2.23. The molecule has 1 fully saturated rings. The summed E-state index contributed by atoms with van der Waals surface area (Å²) in [5.41, 5.74) is 0. The van der Waals surface area contributed by atoms with Gasteiger partial charge in [-0.25, -0.2) is 4.79 Å². The number of thioether (sulfide) groups is 1. The van der Waals surface area contributed by atoms with Crippen molar-refractivity contribution in [3.63, 3.8) is 0 Å². The van der Waals surface area contributed by atoms with Gasteiger partial charge in [0.2, 0.25) is 0 Å². The molecule has 0 spiro atoms. The van der Waals surface area contributed by atoms with Crippen LogP contribution < -0.4 is 5.32 Å². The average Bonchev–Trinajstić information content (AvgIpc) is 2.22. The molecule has 1 aliphatic heterocycles. The number of carbonyl (C=O) groups excluding carboxylic acids is 1. The smallest absolute Gasteiger partial charge is 0.317 e. The Balaban J connectivity index is 2.37. The van der Waals surface area contributed by atoms with Gasteiger partial charge in [0.05, 0.1) is 0 Å². The van der Waals surface area contributed by atoms with Crippen molar-refractivity contribution in [2.24, 2.45) is 0 Å². The van der Waals surface area contributed by atoms with Gasteiger partial charge in [0.15, 0.2) is 0 Å². The van der Waals surface area contributed by atoms with Gasteiger partial charge in [0, 0.05) is 30.1 Å². The number of carbonyl (C=O) groups is 1. The lowest BCUT2D eigenvalue weighted by atomic mass is 10.2. The molecular weight excluding hydrogens is 208 g/mol. The molecule has 2 unspecified atom stereocenters. The van der Waals surface area contributed by atoms with Gasteiger partial charge in [-0.05, 0) is 13.3 Å². The minimum atomic E-state index is 0.114. The Morgan fingerprint density at radius 2 is 2.27 bits per heavy atom. The van der Waals surface area contributed by atoms with Crippen molar-refractivity contribution in [3.8, 4) is 0 Å². The lowest BCUT2D eigenvalue weighted by molar-refractivity contribution is 0.180. The minimum absolute atomic E-state index is 0.114. The minimum Gasteiger partial charge on any atom is -0.338 e. The molecule has 0 aromatic heterocycles. The number of hydrogen-bond acceptors (Lipinski definition) is 2. The molecule has 3 nitrogen and oxygen atoms in total. The monoisotopic (exact) mass is 230 g/mol. The lowest BCUT2D eigenvalue weighted by Crippen LogP contribution is -2.52. The van der Waals surface area contributed by atoms with E-state index in [2.05, 4.69) is 26.1 Å². The van der Waals surface area contributed by atoms with Crippen LogP contribution in [0.3, 0.4) is 0 Å². The third-order valence-electron chi connectivity index (χ3n) is 2.95. The quantitative estimate of drug-likeness (QED) is 0.755. The molecule has 4 heteroatoms. The molecule has 1 heterocycles. The fourth-order valence-electron chi connectivity index (χ4n) is 1.69. The van der Waals surface area contributed by atoms with E-state index in [0.29, 0.717) is 11.3 Å². The van der Waals surface area contributed by atoms with Crippen LogP contribution >= 0.6 is 11.8 Å². The highest BCUT2D eigenvalue weighted by Gasteiger charge is 2.28. The van der Waals surface area contributed by atoms with E-state index in [1.54, 1.807) is 0 Å². The zero-order valence-corrected chi connectivity index (χ0v) is 10.8. The molecule has 0 radical (unpaired) electrons. The van der Waals surface area contributed by atoms with Crippen LogP contribution in [0.5, 0.6) is 0 Å². The van der Waals surface area contributed by atoms with Crippen LogP contribution in [0.4, 0.5) is 4.79 Å². The van der Waals surface area contributed by atoms with Gasteiger partial charge in [0.25, 0.3) is 0 Å². The fourth-order valence-corrected chi connectivity index (χ4v) is 2.79. The highest BCUT2D eigenvalue weighted by molar-refractivity contribution is 8.00. The van der Waals surface area contributed by atoms with Crippen LogP contribution in [0.15, 0.2) is 0 Å². The third kappa shape index (κ3) is 3.59. The molecule has 1 rings (SSSR count). The van der Waals surface area contributed by atoms with Gasteiger partial charge in [-0.15, -0.1) is 0 Å². The van der Waals surface area contributed by atoms with Crippen LogP contribution in [0.2, 0.25) is 0 Å². The van der Waals surface area contributed by atoms with E-state index in [-0.39, 0.29) is 6.03 Å². The van der Waals surface area contributed by atoms with Gasteiger partial charge in [-0.2, -0.15) is 11.8 Å². The summed E-state index contributed by atoms with van der Waals surface area (Å²) < 4.78 is 0. The molecule has 1 N–H and O–H groups in total. The Morgan fingerprint density at radius 3 is 2.93 bits per heavy atom. The van der Waals surface area contributed by atoms with E-state index in [1.165, 1.54) is 0 Å². The molecule has 0 aromatic rings. The molecule has 0 saturated carbocycles. The van der Waals surface area contributed by atoms with Crippen LogP contribution in [0, 0.1) is 0 Å². The number of urea groups is 1. The topological polar surface area (TPSA) is 32.3 Å². The van der Waals surface area contributed by atoms with Crippen LogP contribution in [-0.2, 0) is 0 Å². The zero-order valence-electron chi connectivity index (χ0n) is 9.95. The van der Waals surface area contributed by atoms with E-state index < -0.39 is 0 Å². The van der Waals surface area contributed by atoms with Crippen molar-refractivity contribution < 1.29 is 4.79 Å². The number of rotatable bonds is 3. The van der Waals surface area contributed by atoms with Crippen molar-refractivity contribution in [2.45, 2.75) is 44.9 Å². The van der Waals surface area contributed by atoms with Crippen LogP contribution in [-0.4, -0.2) is 41.1 Å². The fraction of sp³-hybridized carbons (Fsp3) is 0.909. The van der Waals surface area contributed by atoms with E-state index in [1.807, 2.05) is 16.7 Å². The Kier molecular flexibility index (Phi) is 5.29. The maximum Gasteiger partial charge on any atom is 0.317 e. The number of unbranched alkanes of at least 4 members (excludes halogenated alkanes) is 1. The van der Waals surface area contributed by atoms with E-state index in [9.17, 15) is 4.79 Å². The Bertz CT molecular complexity index is 211. The normalized spacial score (nSPS) is 26.5. The SMILES string of the molecule is CCCCNC(=O)N1CCSC(C)C1C. The van der Waals surface area contributed by atoms with E-state index >= 15 is 0 Å².